The molecule has 4 aromatic rings. The molecule has 1 atom stereocenters. The summed E-state index contributed by atoms with van der Waals surface area (Å²) in [7, 11) is 0. The Bertz CT molecular complexity index is 1260. The van der Waals surface area contributed by atoms with Crippen molar-refractivity contribution in [1.82, 2.24) is 19.8 Å². The lowest BCUT2D eigenvalue weighted by atomic mass is 10.1. The first kappa shape index (κ1) is 20.9. The Labute approximate surface area is 203 Å². The Hall–Kier alpha value is -2.69. The Morgan fingerprint density at radius 2 is 2.00 bits per heavy atom. The summed E-state index contributed by atoms with van der Waals surface area (Å²) in [6.07, 6.45) is 4.68. The standard InChI is InChI=1S/C23H21N5O2S3/c29-21(28-18(20-6-3-11-32-20)12-17(26-28)19-5-2-10-31-19)14-33-23-25-24-22(15-7-8-15)27(23)13-16-4-1-9-30-16/h1-6,9-11,15,18H,7-8,12-14H2. The minimum absolute atomic E-state index is 0.0227. The van der Waals surface area contributed by atoms with Gasteiger partial charge < -0.3 is 4.42 Å². The Balaban J connectivity index is 1.22. The average Bonchev–Trinajstić information content (AvgIpc) is 3.45. The quantitative estimate of drug-likeness (QED) is 0.306. The predicted octanol–water partition coefficient (Wildman–Crippen LogP) is 5.39. The van der Waals surface area contributed by atoms with Crippen LogP contribution in [0.5, 0.6) is 0 Å². The fourth-order valence-electron chi connectivity index (χ4n) is 3.98. The van der Waals surface area contributed by atoms with Crippen molar-refractivity contribution in [1.29, 1.82) is 0 Å². The van der Waals surface area contributed by atoms with Gasteiger partial charge in [0, 0.05) is 17.2 Å². The van der Waals surface area contributed by atoms with Gasteiger partial charge in [0.1, 0.15) is 11.6 Å². The fraction of sp³-hybridized carbons (Fsp3) is 0.304. The van der Waals surface area contributed by atoms with E-state index in [2.05, 4.69) is 26.9 Å². The maximum Gasteiger partial charge on any atom is 0.253 e. The van der Waals surface area contributed by atoms with Gasteiger partial charge in [0.25, 0.3) is 5.91 Å². The number of nitrogens with zero attached hydrogens (tertiary/aromatic N) is 5. The molecular weight excluding hydrogens is 474 g/mol. The van der Waals surface area contributed by atoms with Crippen LogP contribution in [-0.2, 0) is 11.3 Å². The maximum atomic E-state index is 13.4. The molecule has 1 saturated carbocycles. The first-order chi connectivity index (χ1) is 16.3. The minimum atomic E-state index is -0.0572. The summed E-state index contributed by atoms with van der Waals surface area (Å²) in [6.45, 7) is 0.574. The third kappa shape index (κ3) is 4.30. The van der Waals surface area contributed by atoms with Crippen LogP contribution in [-0.4, -0.2) is 37.1 Å². The summed E-state index contributed by atoms with van der Waals surface area (Å²) in [5.74, 6) is 2.52. The Kier molecular flexibility index (Phi) is 5.65. The molecule has 0 radical (unpaired) electrons. The fourth-order valence-corrected chi connectivity index (χ4v) is 6.31. The van der Waals surface area contributed by atoms with Crippen LogP contribution in [0.3, 0.4) is 0 Å². The first-order valence-corrected chi connectivity index (χ1v) is 13.6. The number of aromatic nitrogens is 3. The zero-order valence-corrected chi connectivity index (χ0v) is 20.1. The second-order valence-corrected chi connectivity index (χ2v) is 10.9. The summed E-state index contributed by atoms with van der Waals surface area (Å²) in [5, 5.41) is 20.1. The molecule has 0 spiro atoms. The van der Waals surface area contributed by atoms with Crippen molar-refractivity contribution in [2.24, 2.45) is 5.10 Å². The molecule has 0 N–H and O–H groups in total. The van der Waals surface area contributed by atoms with Crippen molar-refractivity contribution in [3.63, 3.8) is 0 Å². The summed E-state index contributed by atoms with van der Waals surface area (Å²) in [6, 6.07) is 12.0. The lowest BCUT2D eigenvalue weighted by Crippen LogP contribution is -2.28. The molecule has 5 heterocycles. The molecule has 0 saturated heterocycles. The van der Waals surface area contributed by atoms with E-state index in [1.807, 2.05) is 35.0 Å². The molecular formula is C23H21N5O2S3. The van der Waals surface area contributed by atoms with Crippen LogP contribution in [0.2, 0.25) is 0 Å². The highest BCUT2D eigenvalue weighted by Gasteiger charge is 2.35. The molecule has 1 aliphatic heterocycles. The zero-order valence-electron chi connectivity index (χ0n) is 17.7. The smallest absolute Gasteiger partial charge is 0.253 e. The van der Waals surface area contributed by atoms with Crippen molar-refractivity contribution >= 4 is 46.1 Å². The molecule has 0 bridgehead atoms. The van der Waals surface area contributed by atoms with Crippen LogP contribution >= 0.6 is 34.4 Å². The van der Waals surface area contributed by atoms with E-state index in [1.165, 1.54) is 11.8 Å². The van der Waals surface area contributed by atoms with Crippen molar-refractivity contribution in [2.75, 3.05) is 5.75 Å². The second kappa shape index (κ2) is 8.92. The molecule has 33 heavy (non-hydrogen) atoms. The largest absolute Gasteiger partial charge is 0.467 e. The van der Waals surface area contributed by atoms with Crippen LogP contribution in [0.15, 0.2) is 68.1 Å². The Morgan fingerprint density at radius 3 is 2.73 bits per heavy atom. The average molecular weight is 496 g/mol. The van der Waals surface area contributed by atoms with Crippen molar-refractivity contribution < 1.29 is 9.21 Å². The van der Waals surface area contributed by atoms with E-state index < -0.39 is 0 Å². The molecule has 6 rings (SSSR count). The van der Waals surface area contributed by atoms with E-state index in [0.29, 0.717) is 12.5 Å². The van der Waals surface area contributed by atoms with E-state index in [4.69, 9.17) is 9.52 Å². The number of carbonyl (C=O) groups excluding carboxylic acids is 1. The van der Waals surface area contributed by atoms with Gasteiger partial charge in [-0.2, -0.15) is 5.10 Å². The van der Waals surface area contributed by atoms with Gasteiger partial charge in [-0.3, -0.25) is 9.36 Å². The third-order valence-corrected chi connectivity index (χ3v) is 8.59. The van der Waals surface area contributed by atoms with Crippen LogP contribution in [0, 0.1) is 0 Å². The van der Waals surface area contributed by atoms with Crippen molar-refractivity contribution in [2.45, 2.75) is 42.9 Å². The van der Waals surface area contributed by atoms with E-state index in [1.54, 1.807) is 33.9 Å². The monoisotopic (exact) mass is 495 g/mol. The predicted molar refractivity (Wildman–Crippen MR) is 130 cm³/mol. The van der Waals surface area contributed by atoms with Crippen molar-refractivity contribution in [3.8, 4) is 0 Å². The lowest BCUT2D eigenvalue weighted by Gasteiger charge is -2.20. The molecule has 7 nitrogen and oxygen atoms in total. The SMILES string of the molecule is O=C(CSc1nnc(C2CC2)n1Cc1ccco1)N1N=C(c2cccs2)CC1c1cccs1. The molecule has 1 amide bonds. The van der Waals surface area contributed by atoms with E-state index in [9.17, 15) is 4.79 Å². The highest BCUT2D eigenvalue weighted by Crippen LogP contribution is 2.41. The number of thiophene rings is 2. The van der Waals surface area contributed by atoms with Crippen molar-refractivity contribution in [3.05, 3.63) is 74.8 Å². The van der Waals surface area contributed by atoms with Gasteiger partial charge >= 0.3 is 0 Å². The summed E-state index contributed by atoms with van der Waals surface area (Å²) < 4.78 is 7.64. The number of amides is 1. The Morgan fingerprint density at radius 1 is 1.12 bits per heavy atom. The van der Waals surface area contributed by atoms with E-state index in [-0.39, 0.29) is 17.7 Å². The second-order valence-electron chi connectivity index (χ2n) is 8.07. The molecule has 10 heteroatoms. The number of rotatable bonds is 8. The van der Waals surface area contributed by atoms with Gasteiger partial charge in [0.15, 0.2) is 5.16 Å². The molecule has 168 valence electrons. The highest BCUT2D eigenvalue weighted by molar-refractivity contribution is 7.99. The highest BCUT2D eigenvalue weighted by atomic mass is 32.2. The number of hydrogen-bond acceptors (Lipinski definition) is 8. The van der Waals surface area contributed by atoms with Gasteiger partial charge in [-0.25, -0.2) is 5.01 Å². The van der Waals surface area contributed by atoms with Gasteiger partial charge in [0.05, 0.1) is 35.2 Å². The topological polar surface area (TPSA) is 76.5 Å². The summed E-state index contributed by atoms with van der Waals surface area (Å²) >= 11 is 4.74. The summed E-state index contributed by atoms with van der Waals surface area (Å²) in [4.78, 5) is 15.6. The normalized spacial score (nSPS) is 18.1. The van der Waals surface area contributed by atoms with Crippen LogP contribution < -0.4 is 0 Å². The number of carbonyl (C=O) groups is 1. The molecule has 4 aromatic heterocycles. The number of furan rings is 1. The van der Waals surface area contributed by atoms with Gasteiger partial charge in [0.2, 0.25) is 0 Å². The molecule has 1 fully saturated rings. The number of hydrogen-bond donors (Lipinski definition) is 0. The number of thioether (sulfide) groups is 1. The van der Waals surface area contributed by atoms with Gasteiger partial charge in [-0.15, -0.1) is 32.9 Å². The third-order valence-electron chi connectivity index (χ3n) is 5.75. The number of hydrazone groups is 1. The van der Waals surface area contributed by atoms with Crippen LogP contribution in [0.25, 0.3) is 0 Å². The van der Waals surface area contributed by atoms with Gasteiger partial charge in [-0.1, -0.05) is 23.9 Å². The van der Waals surface area contributed by atoms with E-state index in [0.717, 1.165) is 51.5 Å². The molecule has 1 unspecified atom stereocenters. The van der Waals surface area contributed by atoms with Crippen LogP contribution in [0.4, 0.5) is 0 Å². The molecule has 1 aliphatic carbocycles. The molecule has 2 aliphatic rings. The maximum absolute atomic E-state index is 13.4. The minimum Gasteiger partial charge on any atom is -0.467 e. The molecule has 0 aromatic carbocycles. The zero-order chi connectivity index (χ0) is 22.2. The first-order valence-electron chi connectivity index (χ1n) is 10.8. The lowest BCUT2D eigenvalue weighted by molar-refractivity contribution is -0.130. The van der Waals surface area contributed by atoms with Crippen LogP contribution in [0.1, 0.15) is 52.6 Å². The van der Waals surface area contributed by atoms with E-state index >= 15 is 0 Å². The van der Waals surface area contributed by atoms with Gasteiger partial charge in [-0.05, 0) is 47.9 Å². The summed E-state index contributed by atoms with van der Waals surface area (Å²) in [5.41, 5.74) is 0.971.